The zero-order valence-corrected chi connectivity index (χ0v) is 46.6. The van der Waals surface area contributed by atoms with Gasteiger partial charge in [-0.15, -0.1) is 22.7 Å². The normalized spacial score (nSPS) is 19.6. The minimum absolute atomic E-state index is 0.0176. The van der Waals surface area contributed by atoms with Gasteiger partial charge in [0.1, 0.15) is 0 Å². The number of benzene rings is 7. The van der Waals surface area contributed by atoms with E-state index in [1.54, 1.807) is 0 Å². The van der Waals surface area contributed by atoms with Gasteiger partial charge in [0.2, 0.25) is 0 Å². The Bertz CT molecular complexity index is 3790. The second-order valence-electron chi connectivity index (χ2n) is 26.4. The monoisotopic (exact) mass is 978 g/mol. The van der Waals surface area contributed by atoms with E-state index >= 15 is 0 Å². The summed E-state index contributed by atoms with van der Waals surface area (Å²) in [6.07, 6.45) is 7.07. The van der Waals surface area contributed by atoms with Crippen LogP contribution in [0.2, 0.25) is 0 Å². The molecule has 0 fully saturated rings. The van der Waals surface area contributed by atoms with Gasteiger partial charge in [-0.05, 0) is 205 Å². The molecular formula is C67H70BN2S2. The predicted octanol–water partition coefficient (Wildman–Crippen LogP) is 18.6. The van der Waals surface area contributed by atoms with Crippen molar-refractivity contribution >= 4 is 110 Å². The van der Waals surface area contributed by atoms with Crippen LogP contribution in [0.4, 0.5) is 28.4 Å². The average molecular weight is 978 g/mol. The second kappa shape index (κ2) is 15.4. The molecule has 13 rings (SSSR count). The number of fused-ring (bicyclic) bond motifs is 13. The van der Waals surface area contributed by atoms with Gasteiger partial charge in [0, 0.05) is 53.2 Å². The molecule has 363 valence electrons. The number of hydrogen-bond donors (Lipinski definition) is 1. The summed E-state index contributed by atoms with van der Waals surface area (Å²) in [4.78, 5) is 2.73. The van der Waals surface area contributed by atoms with Gasteiger partial charge in [-0.25, -0.2) is 0 Å². The molecule has 0 spiro atoms. The summed E-state index contributed by atoms with van der Waals surface area (Å²) >= 11 is 3.88. The molecule has 1 N–H and O–H groups in total. The first kappa shape index (κ1) is 46.4. The smallest absolute Gasteiger partial charge is 0.198 e. The Morgan fingerprint density at radius 2 is 0.986 bits per heavy atom. The molecule has 0 bridgehead atoms. The first-order valence-electron chi connectivity index (χ1n) is 26.9. The lowest BCUT2D eigenvalue weighted by atomic mass is 9.56. The SMILES string of the molecule is Cc1cc2c(cc1N1c3ccc4sc5ccccc5c4c3[B]c3c(-c4cc5c(cc4Nc4ccc6c(c4)C(C)(C)CCC6(C)C)C(C)(C)CCC5(C)C)cc4c(sc5ccccc54)c31)C(C)(C)CCC2(C)C. The number of nitrogens with one attached hydrogen (secondary N) is 1. The Hall–Kier alpha value is -5.36. The van der Waals surface area contributed by atoms with Gasteiger partial charge in [0.25, 0.3) is 0 Å². The number of thiophene rings is 2. The lowest BCUT2D eigenvalue weighted by Gasteiger charge is -2.44. The Morgan fingerprint density at radius 3 is 1.64 bits per heavy atom. The van der Waals surface area contributed by atoms with Crippen molar-refractivity contribution in [3.63, 3.8) is 0 Å². The molecule has 1 radical (unpaired) electrons. The zero-order chi connectivity index (χ0) is 50.2. The largest absolute Gasteiger partial charge is 0.355 e. The Kier molecular flexibility index (Phi) is 9.91. The number of hydrogen-bond acceptors (Lipinski definition) is 4. The topological polar surface area (TPSA) is 15.3 Å². The van der Waals surface area contributed by atoms with E-state index in [0.29, 0.717) is 0 Å². The fourth-order valence-corrected chi connectivity index (χ4v) is 16.2. The zero-order valence-electron chi connectivity index (χ0n) is 45.0. The van der Waals surface area contributed by atoms with Crippen molar-refractivity contribution in [1.29, 1.82) is 0 Å². The second-order valence-corrected chi connectivity index (χ2v) is 28.6. The molecule has 0 saturated carbocycles. The minimum Gasteiger partial charge on any atom is -0.355 e. The molecule has 0 amide bonds. The maximum absolute atomic E-state index is 4.24. The molecule has 4 aliphatic rings. The molecule has 2 aromatic heterocycles. The van der Waals surface area contributed by atoms with Crippen LogP contribution in [0.25, 0.3) is 51.5 Å². The molecule has 2 nitrogen and oxygen atoms in total. The van der Waals surface area contributed by atoms with Crippen LogP contribution in [-0.4, -0.2) is 7.28 Å². The van der Waals surface area contributed by atoms with Crippen molar-refractivity contribution in [2.24, 2.45) is 0 Å². The highest BCUT2D eigenvalue weighted by atomic mass is 32.1. The molecule has 72 heavy (non-hydrogen) atoms. The summed E-state index contributed by atoms with van der Waals surface area (Å²) in [5, 5.41) is 9.58. The summed E-state index contributed by atoms with van der Waals surface area (Å²) in [5.41, 5.74) is 22.1. The van der Waals surface area contributed by atoms with Crippen molar-refractivity contribution in [2.45, 2.75) is 161 Å². The maximum atomic E-state index is 4.24. The molecule has 0 atom stereocenters. The number of rotatable bonds is 4. The van der Waals surface area contributed by atoms with Gasteiger partial charge in [-0.3, -0.25) is 0 Å². The van der Waals surface area contributed by atoms with E-state index in [-0.39, 0.29) is 32.5 Å². The fraction of sp³-hybridized carbons (Fsp3) is 0.373. The van der Waals surface area contributed by atoms with Crippen LogP contribution in [-0.2, 0) is 32.5 Å². The molecule has 3 aliphatic carbocycles. The molecule has 5 heteroatoms. The van der Waals surface area contributed by atoms with Crippen LogP contribution in [0.5, 0.6) is 0 Å². The first-order chi connectivity index (χ1) is 34.0. The van der Waals surface area contributed by atoms with E-state index < -0.39 is 0 Å². The first-order valence-corrected chi connectivity index (χ1v) is 28.5. The molecule has 0 unspecified atom stereocenters. The van der Waals surface area contributed by atoms with E-state index in [1.807, 2.05) is 22.7 Å². The van der Waals surface area contributed by atoms with E-state index in [9.17, 15) is 0 Å². The highest BCUT2D eigenvalue weighted by Crippen LogP contribution is 2.55. The van der Waals surface area contributed by atoms with Gasteiger partial charge in [-0.1, -0.05) is 132 Å². The van der Waals surface area contributed by atoms with Gasteiger partial charge in [-0.2, -0.15) is 0 Å². The quantitative estimate of drug-likeness (QED) is 0.177. The molecular weight excluding hydrogens is 908 g/mol. The van der Waals surface area contributed by atoms with Crippen LogP contribution >= 0.6 is 22.7 Å². The van der Waals surface area contributed by atoms with Gasteiger partial charge in [0.05, 0.1) is 10.4 Å². The lowest BCUT2D eigenvalue weighted by Crippen LogP contribution is -2.42. The van der Waals surface area contributed by atoms with Gasteiger partial charge < -0.3 is 10.2 Å². The highest BCUT2D eigenvalue weighted by molar-refractivity contribution is 7.27. The minimum atomic E-state index is 0.0176. The van der Waals surface area contributed by atoms with Crippen molar-refractivity contribution in [3.05, 3.63) is 148 Å². The Balaban J connectivity index is 1.15. The number of aryl methyl sites for hydroxylation is 1. The summed E-state index contributed by atoms with van der Waals surface area (Å²) in [6.45, 7) is 32.0. The third-order valence-electron chi connectivity index (χ3n) is 18.8. The molecule has 0 saturated heterocycles. The van der Waals surface area contributed by atoms with Gasteiger partial charge in [0.15, 0.2) is 7.28 Å². The Morgan fingerprint density at radius 1 is 0.444 bits per heavy atom. The van der Waals surface area contributed by atoms with Gasteiger partial charge >= 0.3 is 0 Å². The summed E-state index contributed by atoms with van der Waals surface area (Å²) in [5.74, 6) is 0. The van der Waals surface area contributed by atoms with E-state index in [4.69, 9.17) is 0 Å². The summed E-state index contributed by atoms with van der Waals surface area (Å²) < 4.78 is 5.34. The van der Waals surface area contributed by atoms with Crippen molar-refractivity contribution in [1.82, 2.24) is 0 Å². The average Bonchev–Trinajstić information content (AvgIpc) is 3.91. The number of anilines is 5. The lowest BCUT2D eigenvalue weighted by molar-refractivity contribution is 0.332. The molecule has 9 aromatic rings. The third-order valence-corrected chi connectivity index (χ3v) is 21.1. The predicted molar refractivity (Wildman–Crippen MR) is 318 cm³/mol. The number of nitrogens with zero attached hydrogens (tertiary/aromatic N) is 1. The van der Waals surface area contributed by atoms with Crippen LogP contribution in [0.1, 0.15) is 161 Å². The van der Waals surface area contributed by atoms with Crippen molar-refractivity contribution < 1.29 is 0 Å². The molecule has 1 aliphatic heterocycles. The summed E-state index contributed by atoms with van der Waals surface area (Å²) in [6, 6.07) is 43.4. The van der Waals surface area contributed by atoms with Crippen molar-refractivity contribution in [3.8, 4) is 11.1 Å². The van der Waals surface area contributed by atoms with Crippen molar-refractivity contribution in [2.75, 3.05) is 10.2 Å². The fourth-order valence-electron chi connectivity index (χ4n) is 13.8. The molecule has 3 heterocycles. The highest BCUT2D eigenvalue weighted by Gasteiger charge is 2.42. The third kappa shape index (κ3) is 6.84. The van der Waals surface area contributed by atoms with Crippen LogP contribution in [0.3, 0.4) is 0 Å². The van der Waals surface area contributed by atoms with E-state index in [1.165, 1.54) is 155 Å². The van der Waals surface area contributed by atoms with Crippen LogP contribution in [0, 0.1) is 6.92 Å². The molecule has 7 aromatic carbocycles. The van der Waals surface area contributed by atoms with E-state index in [0.717, 1.165) is 12.8 Å². The standard InChI is InChI=1S/C67H70BN2S2/c1-38-32-46-50(67(12,13)31-28-63(46,4)5)37-53(38)70-52-24-25-56-57(41-19-15-17-21-55(41)71-56)59(52)68-58-43(34-44-40-18-14-16-20-54(40)72-61(44)60(58)70)42-35-48-49(66(10,11)30-29-65(48,8)9)36-51(42)69-39-22-23-45-47(33-39)64(6,7)27-26-62(45,2)3/h14-25,32-37,69H,26-31H2,1-13H3. The van der Waals surface area contributed by atoms with Crippen LogP contribution < -0.4 is 21.1 Å². The van der Waals surface area contributed by atoms with E-state index in [2.05, 4.69) is 217 Å². The summed E-state index contributed by atoms with van der Waals surface area (Å²) in [7, 11) is 2.62. The maximum Gasteiger partial charge on any atom is 0.198 e. The van der Waals surface area contributed by atoms with Crippen LogP contribution in [0.15, 0.2) is 109 Å². The Labute approximate surface area is 437 Å².